The Morgan fingerprint density at radius 3 is 2.46 bits per heavy atom. The number of sulfonamides is 1. The van der Waals surface area contributed by atoms with Crippen molar-refractivity contribution in [1.29, 1.82) is 0 Å². The predicted octanol–water partition coefficient (Wildman–Crippen LogP) is 4.25. The highest BCUT2D eigenvalue weighted by Gasteiger charge is 2.22. The van der Waals surface area contributed by atoms with E-state index in [1.807, 2.05) is 48.0 Å². The van der Waals surface area contributed by atoms with Crippen LogP contribution in [-0.4, -0.2) is 35.8 Å². The molecule has 2 aromatic carbocycles. The normalized spacial score (nSPS) is 12.8. The number of imidazole rings is 1. The van der Waals surface area contributed by atoms with Gasteiger partial charge in [0, 0.05) is 24.5 Å². The third kappa shape index (κ3) is 7.66. The topological polar surface area (TPSA) is 117 Å². The van der Waals surface area contributed by atoms with Gasteiger partial charge < -0.3 is 19.5 Å². The first-order chi connectivity index (χ1) is 17.4. The van der Waals surface area contributed by atoms with E-state index in [0.717, 1.165) is 24.0 Å². The summed E-state index contributed by atoms with van der Waals surface area (Å²) in [5.41, 5.74) is 2.04. The van der Waals surface area contributed by atoms with Crippen molar-refractivity contribution in [2.75, 3.05) is 6.61 Å². The fourth-order valence-corrected chi connectivity index (χ4v) is 5.10. The highest BCUT2D eigenvalue weighted by Crippen LogP contribution is 2.31. The van der Waals surface area contributed by atoms with Crippen LogP contribution in [0.2, 0.25) is 0 Å². The van der Waals surface area contributed by atoms with Crippen molar-refractivity contribution in [2.24, 2.45) is 10.3 Å². The SMILES string of the molecule is CCCCO/C([O-])=N/S(=O)(=O)c1ccc(CC(C)C)cc1-c1ccc(Cn2ccnc2C(C)(C)O)cc1. The van der Waals surface area contributed by atoms with E-state index in [4.69, 9.17) is 4.74 Å². The van der Waals surface area contributed by atoms with E-state index in [-0.39, 0.29) is 11.5 Å². The van der Waals surface area contributed by atoms with Crippen molar-refractivity contribution in [3.05, 3.63) is 71.8 Å². The zero-order valence-corrected chi connectivity index (χ0v) is 23.0. The van der Waals surface area contributed by atoms with Gasteiger partial charge in [0.15, 0.2) is 6.08 Å². The van der Waals surface area contributed by atoms with Crippen molar-refractivity contribution >= 4 is 16.1 Å². The second-order valence-electron chi connectivity index (χ2n) is 10.1. The predicted molar refractivity (Wildman–Crippen MR) is 142 cm³/mol. The Morgan fingerprint density at radius 2 is 1.84 bits per heavy atom. The average Bonchev–Trinajstić information content (AvgIpc) is 3.28. The van der Waals surface area contributed by atoms with Gasteiger partial charge in [0.25, 0.3) is 10.0 Å². The second kappa shape index (κ2) is 11.9. The zero-order valence-electron chi connectivity index (χ0n) is 22.1. The lowest BCUT2D eigenvalue weighted by molar-refractivity contribution is -0.249. The number of aromatic nitrogens is 2. The fourth-order valence-electron chi connectivity index (χ4n) is 4.06. The van der Waals surface area contributed by atoms with Crippen LogP contribution in [0.15, 0.2) is 64.2 Å². The second-order valence-corrected chi connectivity index (χ2v) is 11.7. The number of benzene rings is 2. The van der Waals surface area contributed by atoms with Gasteiger partial charge in [0.05, 0.1) is 4.90 Å². The van der Waals surface area contributed by atoms with Gasteiger partial charge in [0.2, 0.25) is 0 Å². The minimum Gasteiger partial charge on any atom is -0.600 e. The van der Waals surface area contributed by atoms with Crippen molar-refractivity contribution in [3.63, 3.8) is 0 Å². The summed E-state index contributed by atoms with van der Waals surface area (Å²) in [6.45, 7) is 10.1. The highest BCUT2D eigenvalue weighted by molar-refractivity contribution is 7.90. The van der Waals surface area contributed by atoms with Crippen LogP contribution in [0.1, 0.15) is 64.4 Å². The Morgan fingerprint density at radius 1 is 1.16 bits per heavy atom. The molecule has 1 heterocycles. The third-order valence-corrected chi connectivity index (χ3v) is 7.07. The lowest BCUT2D eigenvalue weighted by Crippen LogP contribution is -2.23. The van der Waals surface area contributed by atoms with Crippen molar-refractivity contribution < 1.29 is 23.4 Å². The molecule has 0 aliphatic rings. The minimum absolute atomic E-state index is 0.0425. The van der Waals surface area contributed by atoms with Crippen molar-refractivity contribution in [1.82, 2.24) is 9.55 Å². The summed E-state index contributed by atoms with van der Waals surface area (Å²) >= 11 is 0. The van der Waals surface area contributed by atoms with E-state index in [0.29, 0.717) is 35.8 Å². The van der Waals surface area contributed by atoms with Gasteiger partial charge in [-0.25, -0.2) is 4.98 Å². The van der Waals surface area contributed by atoms with E-state index in [2.05, 4.69) is 23.2 Å². The van der Waals surface area contributed by atoms with Crippen LogP contribution in [0.5, 0.6) is 0 Å². The molecule has 0 bridgehead atoms. The summed E-state index contributed by atoms with van der Waals surface area (Å²) in [5, 5.41) is 22.4. The molecule has 0 radical (unpaired) electrons. The minimum atomic E-state index is -4.28. The van der Waals surface area contributed by atoms with E-state index in [9.17, 15) is 18.6 Å². The molecule has 3 rings (SSSR count). The number of nitrogens with zero attached hydrogens (tertiary/aromatic N) is 3. The van der Waals surface area contributed by atoms with Gasteiger partial charge in [-0.2, -0.15) is 8.42 Å². The molecule has 200 valence electrons. The van der Waals surface area contributed by atoms with Gasteiger partial charge in [-0.1, -0.05) is 57.5 Å². The van der Waals surface area contributed by atoms with Crippen molar-refractivity contribution in [2.45, 2.75) is 70.9 Å². The third-order valence-electron chi connectivity index (χ3n) is 5.76. The first-order valence-electron chi connectivity index (χ1n) is 12.5. The van der Waals surface area contributed by atoms with Crippen LogP contribution < -0.4 is 5.11 Å². The molecule has 9 heteroatoms. The molecule has 8 nitrogen and oxygen atoms in total. The molecule has 0 unspecified atom stereocenters. The van der Waals surface area contributed by atoms with Gasteiger partial charge in [0.1, 0.15) is 11.4 Å². The molecule has 1 N–H and O–H groups in total. The van der Waals surface area contributed by atoms with Crippen LogP contribution in [0.4, 0.5) is 0 Å². The van der Waals surface area contributed by atoms with E-state index in [1.54, 1.807) is 26.1 Å². The number of aliphatic hydroxyl groups is 1. The number of rotatable bonds is 11. The first kappa shape index (κ1) is 28.4. The van der Waals surface area contributed by atoms with Crippen LogP contribution in [-0.2, 0) is 33.3 Å². The molecule has 37 heavy (non-hydrogen) atoms. The van der Waals surface area contributed by atoms with Gasteiger partial charge in [-0.3, -0.25) is 0 Å². The van der Waals surface area contributed by atoms with Crippen molar-refractivity contribution in [3.8, 4) is 11.1 Å². The van der Waals surface area contributed by atoms with Crippen LogP contribution in [0.3, 0.4) is 0 Å². The highest BCUT2D eigenvalue weighted by atomic mass is 32.2. The Labute approximate surface area is 219 Å². The molecule has 0 amide bonds. The van der Waals surface area contributed by atoms with E-state index in [1.165, 1.54) is 6.07 Å². The maximum atomic E-state index is 13.1. The Bertz CT molecular complexity index is 1320. The molecule has 0 fully saturated rings. The van der Waals surface area contributed by atoms with Gasteiger partial charge in [-0.15, -0.1) is 4.40 Å². The van der Waals surface area contributed by atoms with E-state index >= 15 is 0 Å². The van der Waals surface area contributed by atoms with Crippen LogP contribution in [0.25, 0.3) is 11.1 Å². The number of unbranched alkanes of at least 4 members (excludes halogenated alkanes) is 1. The summed E-state index contributed by atoms with van der Waals surface area (Å²) in [5.74, 6) is 0.940. The lowest BCUT2D eigenvalue weighted by Gasteiger charge is -2.19. The summed E-state index contributed by atoms with van der Waals surface area (Å²) in [6.07, 6.45) is 4.58. The molecule has 0 saturated carbocycles. The number of hydrogen-bond donors (Lipinski definition) is 1. The van der Waals surface area contributed by atoms with Gasteiger partial charge in [-0.05, 0) is 68.0 Å². The lowest BCUT2D eigenvalue weighted by atomic mass is 9.97. The molecule has 0 aliphatic heterocycles. The molecule has 3 aromatic rings. The quantitative estimate of drug-likeness (QED) is 0.227. The summed E-state index contributed by atoms with van der Waals surface area (Å²) < 4.78 is 36.5. The summed E-state index contributed by atoms with van der Waals surface area (Å²) in [4.78, 5) is 4.22. The van der Waals surface area contributed by atoms with E-state index < -0.39 is 21.7 Å². The Balaban J connectivity index is 1.97. The smallest absolute Gasteiger partial charge is 0.284 e. The average molecular weight is 527 g/mol. The zero-order chi connectivity index (χ0) is 27.2. The maximum Gasteiger partial charge on any atom is 0.284 e. The Kier molecular flexibility index (Phi) is 9.15. The van der Waals surface area contributed by atoms with Gasteiger partial charge >= 0.3 is 0 Å². The molecule has 0 aliphatic carbocycles. The summed E-state index contributed by atoms with van der Waals surface area (Å²) in [6, 6.07) is 12.6. The first-order valence-corrected chi connectivity index (χ1v) is 14.0. The molecular weight excluding hydrogens is 490 g/mol. The monoisotopic (exact) mass is 526 g/mol. The Hall–Kier alpha value is -3.17. The molecule has 0 atom stereocenters. The molecule has 0 saturated heterocycles. The molecular formula is C28H36N3O5S-. The number of ether oxygens (including phenoxy) is 1. The largest absolute Gasteiger partial charge is 0.600 e. The maximum absolute atomic E-state index is 13.1. The summed E-state index contributed by atoms with van der Waals surface area (Å²) in [7, 11) is -4.28. The van der Waals surface area contributed by atoms with Crippen LogP contribution in [0, 0.1) is 5.92 Å². The number of hydrogen-bond acceptors (Lipinski definition) is 6. The van der Waals surface area contributed by atoms with Crippen LogP contribution >= 0.6 is 0 Å². The molecule has 1 aromatic heterocycles. The fraction of sp³-hybridized carbons (Fsp3) is 0.429. The standard InChI is InChI=1S/C28H37N3O5S/c1-6-7-16-36-27(32)30-37(34,35)25-13-10-22(17-20(2)3)18-24(25)23-11-8-21(9-12-23)19-31-15-14-29-26(31)28(4,5)33/h8-15,18,20,33H,6-7,16-17,19H2,1-5H3,(H,30,32)/p-1. The molecule has 0 spiro atoms.